The van der Waals surface area contributed by atoms with Crippen molar-refractivity contribution in [2.24, 2.45) is 0 Å². The van der Waals surface area contributed by atoms with E-state index in [1.54, 1.807) is 4.31 Å². The molecule has 5 nitrogen and oxygen atoms in total. The third-order valence-corrected chi connectivity index (χ3v) is 9.14. The maximum atomic E-state index is 13.4. The van der Waals surface area contributed by atoms with Gasteiger partial charge in [0.2, 0.25) is 10.0 Å². The van der Waals surface area contributed by atoms with Gasteiger partial charge in [-0.25, -0.2) is 12.7 Å². The van der Waals surface area contributed by atoms with Gasteiger partial charge in [0, 0.05) is 31.1 Å². The van der Waals surface area contributed by atoms with Crippen LogP contribution in [0.2, 0.25) is 0 Å². The van der Waals surface area contributed by atoms with Gasteiger partial charge in [-0.05, 0) is 41.6 Å². The zero-order valence-corrected chi connectivity index (χ0v) is 20.1. The first kappa shape index (κ1) is 23.2. The number of sulfonamides is 1. The van der Waals surface area contributed by atoms with Crippen LogP contribution in [0.3, 0.4) is 0 Å². The zero-order chi connectivity index (χ0) is 23.5. The number of hydrogen-bond donors (Lipinski definition) is 1. The van der Waals surface area contributed by atoms with Crippen LogP contribution in [0, 0.1) is 0 Å². The van der Waals surface area contributed by atoms with Gasteiger partial charge in [0.15, 0.2) is 0 Å². The van der Waals surface area contributed by atoms with Gasteiger partial charge in [-0.3, -0.25) is 4.90 Å². The number of rotatable bonds is 6. The van der Waals surface area contributed by atoms with Crippen LogP contribution in [0.4, 0.5) is 0 Å². The summed E-state index contributed by atoms with van der Waals surface area (Å²) in [6.45, 7) is 2.01. The molecule has 0 radical (unpaired) electrons. The summed E-state index contributed by atoms with van der Waals surface area (Å²) < 4.78 is 28.4. The van der Waals surface area contributed by atoms with E-state index in [0.29, 0.717) is 13.1 Å². The molecule has 0 saturated carbocycles. The molecule has 1 N–H and O–H groups in total. The topological polar surface area (TPSA) is 60.9 Å². The van der Waals surface area contributed by atoms with E-state index in [1.807, 2.05) is 48.5 Å². The van der Waals surface area contributed by atoms with Crippen molar-refractivity contribution in [2.45, 2.75) is 36.6 Å². The zero-order valence-electron chi connectivity index (χ0n) is 19.3. The Bertz CT molecular complexity index is 1180. The van der Waals surface area contributed by atoms with E-state index in [4.69, 9.17) is 0 Å². The number of aliphatic hydroxyl groups excluding tert-OH is 1. The average molecular weight is 477 g/mol. The van der Waals surface area contributed by atoms with Gasteiger partial charge in [-0.2, -0.15) is 0 Å². The summed E-state index contributed by atoms with van der Waals surface area (Å²) in [5.41, 5.74) is 4.32. The van der Waals surface area contributed by atoms with E-state index in [2.05, 4.69) is 41.3 Å². The summed E-state index contributed by atoms with van der Waals surface area (Å²) in [5.74, 6) is 0.141. The third-order valence-electron chi connectivity index (χ3n) is 7.32. The summed E-state index contributed by atoms with van der Waals surface area (Å²) in [5, 5.41) is 10.2. The van der Waals surface area contributed by atoms with Gasteiger partial charge >= 0.3 is 0 Å². The molecular formula is C28H32N2O3S. The second-order valence-electron chi connectivity index (χ2n) is 9.38. The van der Waals surface area contributed by atoms with Crippen molar-refractivity contribution >= 4 is 10.0 Å². The van der Waals surface area contributed by atoms with E-state index < -0.39 is 10.0 Å². The highest BCUT2D eigenvalue weighted by Gasteiger charge is 2.50. The van der Waals surface area contributed by atoms with Crippen molar-refractivity contribution in [1.29, 1.82) is 0 Å². The van der Waals surface area contributed by atoms with E-state index in [0.717, 1.165) is 30.5 Å². The Balaban J connectivity index is 1.38. The first-order chi connectivity index (χ1) is 16.6. The van der Waals surface area contributed by atoms with E-state index in [1.165, 1.54) is 11.1 Å². The average Bonchev–Trinajstić information content (AvgIpc) is 2.84. The smallest absolute Gasteiger partial charge is 0.218 e. The van der Waals surface area contributed by atoms with Crippen LogP contribution in [0.5, 0.6) is 0 Å². The Morgan fingerprint density at radius 1 is 0.794 bits per heavy atom. The lowest BCUT2D eigenvalue weighted by atomic mass is 9.74. The Kier molecular flexibility index (Phi) is 6.84. The van der Waals surface area contributed by atoms with Crippen LogP contribution < -0.4 is 0 Å². The van der Waals surface area contributed by atoms with Gasteiger partial charge < -0.3 is 5.11 Å². The van der Waals surface area contributed by atoms with Gasteiger partial charge in [-0.1, -0.05) is 84.9 Å². The molecule has 2 aliphatic rings. The largest absolute Gasteiger partial charge is 0.395 e. The van der Waals surface area contributed by atoms with E-state index in [-0.39, 0.29) is 30.4 Å². The minimum Gasteiger partial charge on any atom is -0.395 e. The number of hydrogen-bond acceptors (Lipinski definition) is 4. The van der Waals surface area contributed by atoms with Gasteiger partial charge in [0.1, 0.15) is 0 Å². The molecule has 3 aromatic carbocycles. The highest BCUT2D eigenvalue weighted by Crippen LogP contribution is 2.42. The van der Waals surface area contributed by atoms with Gasteiger partial charge in [0.05, 0.1) is 12.4 Å². The third kappa shape index (κ3) is 4.68. The molecule has 0 aromatic heterocycles. The highest BCUT2D eigenvalue weighted by atomic mass is 32.2. The molecule has 2 aliphatic heterocycles. The fourth-order valence-corrected chi connectivity index (χ4v) is 7.15. The predicted octanol–water partition coefficient (Wildman–Crippen LogP) is 4.11. The Morgan fingerprint density at radius 2 is 1.41 bits per heavy atom. The second kappa shape index (κ2) is 10.0. The summed E-state index contributed by atoms with van der Waals surface area (Å²) in [6, 6.07) is 28.4. The maximum absolute atomic E-state index is 13.4. The molecule has 3 aromatic rings. The van der Waals surface area contributed by atoms with Crippen molar-refractivity contribution in [1.82, 2.24) is 9.21 Å². The normalized spacial score (nSPS) is 24.0. The Morgan fingerprint density at radius 3 is 2.09 bits per heavy atom. The van der Waals surface area contributed by atoms with Crippen LogP contribution in [0.15, 0.2) is 84.9 Å². The van der Waals surface area contributed by atoms with Crippen molar-refractivity contribution in [2.75, 3.05) is 26.2 Å². The minimum absolute atomic E-state index is 0.0282. The summed E-state index contributed by atoms with van der Waals surface area (Å²) in [4.78, 5) is 2.32. The number of fused-ring (bicyclic) bond motifs is 1. The second-order valence-corrected chi connectivity index (χ2v) is 11.3. The first-order valence-electron chi connectivity index (χ1n) is 12.1. The maximum Gasteiger partial charge on any atom is 0.218 e. The molecule has 0 unspecified atom stereocenters. The Labute approximate surface area is 202 Å². The molecule has 0 bridgehead atoms. The van der Waals surface area contributed by atoms with Crippen LogP contribution in [0.1, 0.15) is 29.9 Å². The lowest BCUT2D eigenvalue weighted by Gasteiger charge is -2.57. The standard InChI is InChI=1S/C28H32N2O3S/c31-20-27-28(25-15-13-24(14-16-25)23-11-5-2-6-12-23)26-19-29(17-7-8-18-30(26)27)34(32,33)21-22-9-3-1-4-10-22/h1-6,9-16,26-28,31H,7-8,17-21H2/t26-,27+,28+/m0/s1. The lowest BCUT2D eigenvalue weighted by molar-refractivity contribution is -0.0554. The predicted molar refractivity (Wildman–Crippen MR) is 136 cm³/mol. The number of benzene rings is 3. The van der Waals surface area contributed by atoms with Crippen LogP contribution >= 0.6 is 0 Å². The molecule has 2 fully saturated rings. The van der Waals surface area contributed by atoms with Crippen molar-refractivity contribution < 1.29 is 13.5 Å². The van der Waals surface area contributed by atoms with Crippen molar-refractivity contribution in [3.05, 3.63) is 96.1 Å². The number of aliphatic hydroxyl groups is 1. The molecule has 0 aliphatic carbocycles. The fraction of sp³-hybridized carbons (Fsp3) is 0.357. The molecule has 2 saturated heterocycles. The van der Waals surface area contributed by atoms with E-state index >= 15 is 0 Å². The van der Waals surface area contributed by atoms with Crippen LogP contribution in [-0.2, 0) is 15.8 Å². The lowest BCUT2D eigenvalue weighted by Crippen LogP contribution is -2.67. The monoisotopic (exact) mass is 476 g/mol. The molecular weight excluding hydrogens is 444 g/mol. The molecule has 34 heavy (non-hydrogen) atoms. The summed E-state index contributed by atoms with van der Waals surface area (Å²) >= 11 is 0. The summed E-state index contributed by atoms with van der Waals surface area (Å²) in [6.07, 6.45) is 1.77. The molecule has 2 heterocycles. The van der Waals surface area contributed by atoms with Crippen molar-refractivity contribution in [3.63, 3.8) is 0 Å². The molecule has 3 atom stereocenters. The quantitative estimate of drug-likeness (QED) is 0.582. The molecule has 5 rings (SSSR count). The van der Waals surface area contributed by atoms with Crippen molar-refractivity contribution in [3.8, 4) is 11.1 Å². The molecule has 6 heteroatoms. The Hall–Kier alpha value is -2.51. The van der Waals surface area contributed by atoms with Crippen LogP contribution in [0.25, 0.3) is 11.1 Å². The highest BCUT2D eigenvalue weighted by molar-refractivity contribution is 7.88. The first-order valence-corrected chi connectivity index (χ1v) is 13.7. The number of nitrogens with zero attached hydrogens (tertiary/aromatic N) is 2. The fourth-order valence-electron chi connectivity index (χ4n) is 5.57. The SMILES string of the molecule is O=S(=O)(Cc1ccccc1)N1CCCCN2[C@H](CO)[C@H](c3ccc(-c4ccccc4)cc3)[C@@H]2C1. The van der Waals surface area contributed by atoms with Crippen LogP contribution in [-0.4, -0.2) is 61.1 Å². The molecule has 0 spiro atoms. The minimum atomic E-state index is -3.43. The summed E-state index contributed by atoms with van der Waals surface area (Å²) in [7, 11) is -3.43. The molecule has 0 amide bonds. The van der Waals surface area contributed by atoms with E-state index in [9.17, 15) is 13.5 Å². The van der Waals surface area contributed by atoms with Gasteiger partial charge in [-0.15, -0.1) is 0 Å². The van der Waals surface area contributed by atoms with Gasteiger partial charge in [0.25, 0.3) is 0 Å². The molecule has 178 valence electrons.